The predicted molar refractivity (Wildman–Crippen MR) is 43.3 cm³/mol. The fraction of sp³-hybridized carbons (Fsp3) is 0.625. The molecule has 3 heteroatoms. The van der Waals surface area contributed by atoms with Crippen LogP contribution in [0.1, 0.15) is 17.8 Å². The van der Waals surface area contributed by atoms with E-state index in [1.54, 1.807) is 0 Å². The summed E-state index contributed by atoms with van der Waals surface area (Å²) in [5.41, 5.74) is 8.34. The van der Waals surface area contributed by atoms with Gasteiger partial charge < -0.3 is 10.3 Å². The van der Waals surface area contributed by atoms with Gasteiger partial charge in [0.15, 0.2) is 0 Å². The van der Waals surface area contributed by atoms with Gasteiger partial charge in [-0.15, -0.1) is 0 Å². The Kier molecular flexibility index (Phi) is 1.46. The molecule has 1 aliphatic rings. The van der Waals surface area contributed by atoms with E-state index in [-0.39, 0.29) is 0 Å². The van der Waals surface area contributed by atoms with Gasteiger partial charge in [0.05, 0.1) is 12.0 Å². The molecule has 0 saturated heterocycles. The van der Waals surface area contributed by atoms with Gasteiger partial charge in [0.2, 0.25) is 0 Å². The van der Waals surface area contributed by atoms with Crippen molar-refractivity contribution >= 4 is 0 Å². The fourth-order valence-electron chi connectivity index (χ4n) is 1.66. The minimum Gasteiger partial charge on any atom is -0.333 e. The van der Waals surface area contributed by atoms with Crippen molar-refractivity contribution in [3.63, 3.8) is 0 Å². The molecule has 0 aromatic carbocycles. The van der Waals surface area contributed by atoms with Crippen molar-refractivity contribution in [2.75, 3.05) is 0 Å². The average Bonchev–Trinajstić information content (AvgIpc) is 2.32. The lowest BCUT2D eigenvalue weighted by molar-refractivity contribution is 0.459. The van der Waals surface area contributed by atoms with Crippen LogP contribution in [0.25, 0.3) is 0 Å². The van der Waals surface area contributed by atoms with Gasteiger partial charge in [-0.1, -0.05) is 0 Å². The Morgan fingerprint density at radius 3 is 3.36 bits per heavy atom. The van der Waals surface area contributed by atoms with Crippen molar-refractivity contribution in [3.8, 4) is 0 Å². The second kappa shape index (κ2) is 2.34. The lowest BCUT2D eigenvalue weighted by Crippen LogP contribution is -2.31. The molecule has 1 unspecified atom stereocenters. The van der Waals surface area contributed by atoms with Crippen molar-refractivity contribution in [2.45, 2.75) is 32.4 Å². The summed E-state index contributed by atoms with van der Waals surface area (Å²) < 4.78 is 2.17. The SMILES string of the molecule is Cc1ncn2c1CCC(N)C2. The third-order valence-electron chi connectivity index (χ3n) is 2.34. The van der Waals surface area contributed by atoms with Crippen LogP contribution >= 0.6 is 0 Å². The molecule has 2 heterocycles. The van der Waals surface area contributed by atoms with E-state index in [0.29, 0.717) is 6.04 Å². The molecule has 1 aromatic rings. The molecule has 0 saturated carbocycles. The molecular formula is C8H13N3. The first-order chi connectivity index (χ1) is 5.27. The summed E-state index contributed by atoms with van der Waals surface area (Å²) in [6, 6.07) is 0.330. The van der Waals surface area contributed by atoms with Gasteiger partial charge in [-0.25, -0.2) is 4.98 Å². The normalized spacial score (nSPS) is 23.3. The smallest absolute Gasteiger partial charge is 0.0952 e. The summed E-state index contributed by atoms with van der Waals surface area (Å²) in [5.74, 6) is 0. The average molecular weight is 151 g/mol. The molecule has 11 heavy (non-hydrogen) atoms. The third-order valence-corrected chi connectivity index (χ3v) is 2.34. The Hall–Kier alpha value is -0.830. The first-order valence-electron chi connectivity index (χ1n) is 4.03. The van der Waals surface area contributed by atoms with Crippen molar-refractivity contribution in [3.05, 3.63) is 17.7 Å². The Morgan fingerprint density at radius 2 is 2.55 bits per heavy atom. The molecule has 2 rings (SSSR count). The predicted octanol–water partition coefficient (Wildman–Crippen LogP) is 0.465. The first-order valence-corrected chi connectivity index (χ1v) is 4.03. The van der Waals surface area contributed by atoms with Crippen LogP contribution in [0, 0.1) is 6.92 Å². The summed E-state index contributed by atoms with van der Waals surface area (Å²) in [5, 5.41) is 0. The first kappa shape index (κ1) is 6.85. The maximum absolute atomic E-state index is 5.81. The molecule has 0 spiro atoms. The van der Waals surface area contributed by atoms with Crippen LogP contribution in [0.2, 0.25) is 0 Å². The number of aryl methyl sites for hydroxylation is 1. The Bertz CT molecular complexity index is 264. The second-order valence-corrected chi connectivity index (χ2v) is 3.23. The topological polar surface area (TPSA) is 43.8 Å². The molecule has 1 aromatic heterocycles. The fourth-order valence-corrected chi connectivity index (χ4v) is 1.66. The molecular weight excluding hydrogens is 138 g/mol. The third kappa shape index (κ3) is 1.05. The Labute approximate surface area is 66.2 Å². The van der Waals surface area contributed by atoms with E-state index in [9.17, 15) is 0 Å². The number of fused-ring (bicyclic) bond motifs is 1. The van der Waals surface area contributed by atoms with E-state index in [0.717, 1.165) is 25.1 Å². The zero-order valence-electron chi connectivity index (χ0n) is 6.75. The van der Waals surface area contributed by atoms with Crippen molar-refractivity contribution in [1.82, 2.24) is 9.55 Å². The van der Waals surface area contributed by atoms with Crippen LogP contribution in [0.15, 0.2) is 6.33 Å². The van der Waals surface area contributed by atoms with Crippen LogP contribution in [-0.2, 0) is 13.0 Å². The number of nitrogens with two attached hydrogens (primary N) is 1. The van der Waals surface area contributed by atoms with Gasteiger partial charge >= 0.3 is 0 Å². The molecule has 0 bridgehead atoms. The van der Waals surface area contributed by atoms with Crippen molar-refractivity contribution in [2.24, 2.45) is 5.73 Å². The van der Waals surface area contributed by atoms with Crippen LogP contribution in [-0.4, -0.2) is 15.6 Å². The highest BCUT2D eigenvalue weighted by Gasteiger charge is 2.16. The molecule has 0 amide bonds. The van der Waals surface area contributed by atoms with E-state index in [4.69, 9.17) is 5.73 Å². The number of hydrogen-bond donors (Lipinski definition) is 1. The standard InChI is InChI=1S/C8H13N3/c1-6-8-3-2-7(9)4-11(8)5-10-6/h5,7H,2-4,9H2,1H3. The minimum atomic E-state index is 0.330. The van der Waals surface area contributed by atoms with Gasteiger partial charge in [-0.2, -0.15) is 0 Å². The van der Waals surface area contributed by atoms with Gasteiger partial charge in [-0.3, -0.25) is 0 Å². The van der Waals surface area contributed by atoms with Crippen LogP contribution < -0.4 is 5.73 Å². The zero-order chi connectivity index (χ0) is 7.84. The summed E-state index contributed by atoms with van der Waals surface area (Å²) in [7, 11) is 0. The maximum atomic E-state index is 5.81. The van der Waals surface area contributed by atoms with Gasteiger partial charge in [-0.05, 0) is 19.8 Å². The van der Waals surface area contributed by atoms with Gasteiger partial charge in [0.1, 0.15) is 0 Å². The quantitative estimate of drug-likeness (QED) is 0.585. The van der Waals surface area contributed by atoms with E-state index in [2.05, 4.69) is 16.5 Å². The monoisotopic (exact) mass is 151 g/mol. The molecule has 0 fully saturated rings. The van der Waals surface area contributed by atoms with Crippen molar-refractivity contribution in [1.29, 1.82) is 0 Å². The largest absolute Gasteiger partial charge is 0.333 e. The molecule has 60 valence electrons. The number of nitrogens with zero attached hydrogens (tertiary/aromatic N) is 2. The van der Waals surface area contributed by atoms with Crippen molar-refractivity contribution < 1.29 is 0 Å². The molecule has 2 N–H and O–H groups in total. The highest BCUT2D eigenvalue weighted by Crippen LogP contribution is 2.15. The lowest BCUT2D eigenvalue weighted by atomic mass is 10.1. The summed E-state index contributed by atoms with van der Waals surface area (Å²) in [6.07, 6.45) is 4.09. The number of hydrogen-bond acceptors (Lipinski definition) is 2. The minimum absolute atomic E-state index is 0.330. The van der Waals surface area contributed by atoms with Gasteiger partial charge in [0.25, 0.3) is 0 Å². The highest BCUT2D eigenvalue weighted by atomic mass is 15.1. The number of imidazole rings is 1. The molecule has 0 radical (unpaired) electrons. The summed E-state index contributed by atoms with van der Waals surface area (Å²) in [6.45, 7) is 3.00. The zero-order valence-corrected chi connectivity index (χ0v) is 6.75. The number of rotatable bonds is 0. The second-order valence-electron chi connectivity index (χ2n) is 3.23. The van der Waals surface area contributed by atoms with E-state index >= 15 is 0 Å². The maximum Gasteiger partial charge on any atom is 0.0952 e. The van der Waals surface area contributed by atoms with E-state index in [1.807, 2.05) is 6.33 Å². The Morgan fingerprint density at radius 1 is 1.73 bits per heavy atom. The Balaban J connectivity index is 2.36. The van der Waals surface area contributed by atoms with Gasteiger partial charge in [0, 0.05) is 18.3 Å². The lowest BCUT2D eigenvalue weighted by Gasteiger charge is -2.20. The molecule has 1 atom stereocenters. The molecule has 0 aliphatic carbocycles. The van der Waals surface area contributed by atoms with E-state index < -0.39 is 0 Å². The highest BCUT2D eigenvalue weighted by molar-refractivity contribution is 5.13. The molecule has 3 nitrogen and oxygen atoms in total. The van der Waals surface area contributed by atoms with Crippen LogP contribution in [0.4, 0.5) is 0 Å². The van der Waals surface area contributed by atoms with Crippen LogP contribution in [0.5, 0.6) is 0 Å². The van der Waals surface area contributed by atoms with Crippen LogP contribution in [0.3, 0.4) is 0 Å². The molecule has 1 aliphatic heterocycles. The summed E-state index contributed by atoms with van der Waals surface area (Å²) in [4.78, 5) is 4.24. The van der Waals surface area contributed by atoms with E-state index in [1.165, 1.54) is 5.69 Å². The summed E-state index contributed by atoms with van der Waals surface area (Å²) >= 11 is 0. The number of aromatic nitrogens is 2.